The highest BCUT2D eigenvalue weighted by Crippen LogP contribution is 2.34. The van der Waals surface area contributed by atoms with Crippen molar-refractivity contribution >= 4 is 34.0 Å². The zero-order valence-corrected chi connectivity index (χ0v) is 15.3. The van der Waals surface area contributed by atoms with E-state index in [2.05, 4.69) is 38.2 Å². The van der Waals surface area contributed by atoms with Crippen molar-refractivity contribution < 1.29 is 13.2 Å². The highest BCUT2D eigenvalue weighted by molar-refractivity contribution is 14.1. The topological polar surface area (TPSA) is 62.7 Å². The molecule has 3 aromatic rings. The largest absolute Gasteiger partial charge is 0.352 e. The van der Waals surface area contributed by atoms with Gasteiger partial charge in [0.2, 0.25) is 0 Å². The Bertz CT molecular complexity index is 1030. The molecule has 130 valence electrons. The predicted molar refractivity (Wildman–Crippen MR) is 96.3 cm³/mol. The highest BCUT2D eigenvalue weighted by atomic mass is 127. The maximum Gasteiger partial charge on any atom is 0.294 e. The zero-order chi connectivity index (χ0) is 18.3. The first-order valence-corrected chi connectivity index (χ1v) is 8.20. The minimum Gasteiger partial charge on any atom is -0.352 e. The van der Waals surface area contributed by atoms with Crippen LogP contribution in [0.1, 0.15) is 5.56 Å². The Morgan fingerprint density at radius 2 is 1.92 bits per heavy atom. The molecule has 2 aromatic carbocycles. The van der Waals surface area contributed by atoms with Crippen molar-refractivity contribution in [3.05, 3.63) is 61.2 Å². The van der Waals surface area contributed by atoms with Gasteiger partial charge in [-0.05, 0) is 59.3 Å². The van der Waals surface area contributed by atoms with Crippen molar-refractivity contribution in [1.29, 1.82) is 0 Å². The van der Waals surface area contributed by atoms with Crippen LogP contribution in [-0.4, -0.2) is 15.0 Å². The molecule has 0 fully saturated rings. The van der Waals surface area contributed by atoms with Crippen molar-refractivity contribution in [1.82, 2.24) is 15.0 Å². The molecule has 0 saturated heterocycles. The molecule has 1 heterocycles. The van der Waals surface area contributed by atoms with Gasteiger partial charge in [-0.2, -0.15) is 5.10 Å². The molecule has 0 saturated carbocycles. The lowest BCUT2D eigenvalue weighted by atomic mass is 10.1. The molecule has 0 aliphatic carbocycles. The van der Waals surface area contributed by atoms with E-state index in [4.69, 9.17) is 0 Å². The van der Waals surface area contributed by atoms with Crippen LogP contribution in [0.3, 0.4) is 0 Å². The quantitative estimate of drug-likeness (QED) is 0.461. The Morgan fingerprint density at radius 1 is 1.20 bits per heavy atom. The van der Waals surface area contributed by atoms with E-state index in [0.29, 0.717) is 5.69 Å². The van der Waals surface area contributed by atoms with E-state index in [1.54, 1.807) is 19.1 Å². The predicted octanol–water partition coefficient (Wildman–Crippen LogP) is 3.85. The Balaban J connectivity index is 2.22. The normalized spacial score (nSPS) is 11.0. The second-order valence-corrected chi connectivity index (χ2v) is 6.66. The fourth-order valence-corrected chi connectivity index (χ4v) is 3.01. The van der Waals surface area contributed by atoms with Gasteiger partial charge in [-0.3, -0.25) is 4.79 Å². The summed E-state index contributed by atoms with van der Waals surface area (Å²) < 4.78 is 43.9. The van der Waals surface area contributed by atoms with Crippen molar-refractivity contribution in [3.63, 3.8) is 0 Å². The Kier molecular flexibility index (Phi) is 4.58. The summed E-state index contributed by atoms with van der Waals surface area (Å²) in [5.41, 5.74) is -0.0572. The van der Waals surface area contributed by atoms with Gasteiger partial charge in [0, 0.05) is 21.9 Å². The number of H-pyrrole nitrogens is 1. The summed E-state index contributed by atoms with van der Waals surface area (Å²) in [6.07, 6.45) is 0. The molecule has 0 amide bonds. The van der Waals surface area contributed by atoms with E-state index >= 15 is 0 Å². The molecule has 0 bridgehead atoms. The highest BCUT2D eigenvalue weighted by Gasteiger charge is 2.23. The van der Waals surface area contributed by atoms with Crippen molar-refractivity contribution in [3.8, 4) is 11.3 Å². The van der Waals surface area contributed by atoms with Crippen LogP contribution in [0.4, 0.5) is 24.5 Å². The molecule has 25 heavy (non-hydrogen) atoms. The van der Waals surface area contributed by atoms with E-state index in [9.17, 15) is 18.0 Å². The van der Waals surface area contributed by atoms with Crippen LogP contribution in [0.25, 0.3) is 11.3 Å². The van der Waals surface area contributed by atoms with Gasteiger partial charge in [-0.15, -0.1) is 0 Å². The van der Waals surface area contributed by atoms with Gasteiger partial charge in [-0.1, -0.05) is 0 Å². The molecule has 5 nitrogen and oxygen atoms in total. The number of rotatable bonds is 3. The summed E-state index contributed by atoms with van der Waals surface area (Å²) in [6, 6.07) is 6.06. The number of benzene rings is 2. The molecule has 0 unspecified atom stereocenters. The number of aryl methyl sites for hydroxylation is 2. The van der Waals surface area contributed by atoms with Crippen molar-refractivity contribution in [2.24, 2.45) is 7.05 Å². The minimum atomic E-state index is -1.62. The molecule has 0 aliphatic heterocycles. The lowest BCUT2D eigenvalue weighted by Crippen LogP contribution is -2.14. The van der Waals surface area contributed by atoms with E-state index in [0.717, 1.165) is 19.9 Å². The Labute approximate surface area is 154 Å². The molecule has 0 radical (unpaired) electrons. The first-order valence-electron chi connectivity index (χ1n) is 7.12. The number of aromatic nitrogens is 3. The second-order valence-electron chi connectivity index (χ2n) is 5.42. The van der Waals surface area contributed by atoms with Crippen LogP contribution in [-0.2, 0) is 7.05 Å². The second kappa shape index (κ2) is 6.54. The number of hydrogen-bond donors (Lipinski definition) is 2. The molecule has 1 aromatic heterocycles. The summed E-state index contributed by atoms with van der Waals surface area (Å²) in [7, 11) is 1.41. The van der Waals surface area contributed by atoms with Crippen LogP contribution in [0.5, 0.6) is 0 Å². The molecular weight excluding hydrogens is 448 g/mol. The van der Waals surface area contributed by atoms with E-state index in [-0.39, 0.29) is 16.9 Å². The first kappa shape index (κ1) is 17.5. The average Bonchev–Trinajstić information content (AvgIpc) is 2.89. The Hall–Kier alpha value is -2.30. The van der Waals surface area contributed by atoms with E-state index < -0.39 is 23.0 Å². The molecule has 2 N–H and O–H groups in total. The van der Waals surface area contributed by atoms with Gasteiger partial charge in [0.15, 0.2) is 23.1 Å². The summed E-state index contributed by atoms with van der Waals surface area (Å²) in [6.45, 7) is 1.79. The van der Waals surface area contributed by atoms with Gasteiger partial charge in [0.25, 0.3) is 5.56 Å². The van der Waals surface area contributed by atoms with Gasteiger partial charge < -0.3 is 5.32 Å². The maximum absolute atomic E-state index is 14.4. The van der Waals surface area contributed by atoms with Gasteiger partial charge in [-0.25, -0.2) is 23.1 Å². The maximum atomic E-state index is 14.4. The molecule has 9 heteroatoms. The van der Waals surface area contributed by atoms with Crippen LogP contribution in [0.2, 0.25) is 0 Å². The fraction of sp³-hybridized carbons (Fsp3) is 0.125. The van der Waals surface area contributed by atoms with Crippen LogP contribution < -0.4 is 10.9 Å². The first-order chi connectivity index (χ1) is 11.8. The number of aromatic amines is 1. The van der Waals surface area contributed by atoms with E-state index in [1.165, 1.54) is 7.05 Å². The van der Waals surface area contributed by atoms with Gasteiger partial charge >= 0.3 is 0 Å². The van der Waals surface area contributed by atoms with Gasteiger partial charge in [0.1, 0.15) is 0 Å². The summed E-state index contributed by atoms with van der Waals surface area (Å²) in [5.74, 6) is -4.44. The molecule has 0 aliphatic rings. The van der Waals surface area contributed by atoms with Crippen LogP contribution in [0, 0.1) is 27.9 Å². The smallest absolute Gasteiger partial charge is 0.294 e. The van der Waals surface area contributed by atoms with Gasteiger partial charge in [0.05, 0.1) is 5.69 Å². The Morgan fingerprint density at radius 3 is 2.52 bits per heavy atom. The summed E-state index contributed by atoms with van der Waals surface area (Å²) in [4.78, 5) is 12.1. The number of nitrogens with one attached hydrogen (secondary N) is 2. The molecule has 0 spiro atoms. The molecule has 3 rings (SSSR count). The lowest BCUT2D eigenvalue weighted by molar-refractivity contribution is 0.450. The number of anilines is 2. The van der Waals surface area contributed by atoms with Crippen LogP contribution >= 0.6 is 22.6 Å². The zero-order valence-electron chi connectivity index (χ0n) is 13.1. The number of hydrogen-bond acceptors (Lipinski definition) is 3. The third kappa shape index (κ3) is 3.15. The van der Waals surface area contributed by atoms with Crippen LogP contribution in [0.15, 0.2) is 29.1 Å². The third-order valence-electron chi connectivity index (χ3n) is 3.68. The summed E-state index contributed by atoms with van der Waals surface area (Å²) in [5, 5.41) is 8.90. The third-order valence-corrected chi connectivity index (χ3v) is 4.36. The van der Waals surface area contributed by atoms with Crippen molar-refractivity contribution in [2.75, 3.05) is 5.32 Å². The van der Waals surface area contributed by atoms with E-state index in [1.807, 2.05) is 6.07 Å². The molecular formula is C16H12F3IN4O. The summed E-state index contributed by atoms with van der Waals surface area (Å²) >= 11 is 2.12. The number of halogens is 4. The fourth-order valence-electron chi connectivity index (χ4n) is 2.36. The average molecular weight is 460 g/mol. The minimum absolute atomic E-state index is 0.170. The standard InChI is InChI=1S/C16H12F3IN4O/c1-7-5-8(20)3-4-11(7)21-14-9(6-10(17)12(18)13(14)19)15-16(25)24(2)23-22-15/h3-6,21,23H,1-2H3. The lowest BCUT2D eigenvalue weighted by Gasteiger charge is -2.14. The SMILES string of the molecule is Cc1cc(I)ccc1Nc1c(-c2n[nH]n(C)c2=O)cc(F)c(F)c1F. The molecule has 0 atom stereocenters. The monoisotopic (exact) mass is 460 g/mol. The van der Waals surface area contributed by atoms with Crippen molar-refractivity contribution in [2.45, 2.75) is 6.92 Å². The number of nitrogens with zero attached hydrogens (tertiary/aromatic N) is 2.